The molecule has 3 fully saturated rings. The van der Waals surface area contributed by atoms with Gasteiger partial charge in [0.05, 0.1) is 0 Å². The van der Waals surface area contributed by atoms with E-state index in [0.717, 1.165) is 61.5 Å². The third-order valence-corrected chi connectivity index (χ3v) is 7.68. The van der Waals surface area contributed by atoms with Crippen LogP contribution in [0.5, 0.6) is 0 Å². The van der Waals surface area contributed by atoms with Gasteiger partial charge in [0.2, 0.25) is 0 Å². The van der Waals surface area contributed by atoms with Gasteiger partial charge in [-0.05, 0) is 44.2 Å². The van der Waals surface area contributed by atoms with E-state index >= 15 is 0 Å². The van der Waals surface area contributed by atoms with Gasteiger partial charge < -0.3 is 4.90 Å². The second-order valence-electron chi connectivity index (χ2n) is 8.46. The molecule has 10 heteroatoms. The molecule has 0 unspecified atom stereocenters. The number of fused-ring (bicyclic) bond motifs is 1. The minimum atomic E-state index is -3.62. The summed E-state index contributed by atoms with van der Waals surface area (Å²) < 4.78 is 26.2. The Morgan fingerprint density at radius 1 is 1.33 bits per heavy atom. The van der Waals surface area contributed by atoms with E-state index in [2.05, 4.69) is 10.00 Å². The number of nitrogens with zero attached hydrogens (tertiary/aromatic N) is 5. The van der Waals surface area contributed by atoms with E-state index in [4.69, 9.17) is 21.7 Å². The zero-order valence-electron chi connectivity index (χ0n) is 15.4. The first-order valence-electron chi connectivity index (χ1n) is 9.23. The van der Waals surface area contributed by atoms with Crippen molar-refractivity contribution in [1.82, 2.24) is 18.9 Å². The second kappa shape index (κ2) is 5.56. The fraction of sp³-hybridized carbons (Fsp3) is 0.647. The molecule has 146 valence electrons. The van der Waals surface area contributed by atoms with Gasteiger partial charge in [0.25, 0.3) is 10.2 Å². The Hall–Kier alpha value is -1.42. The van der Waals surface area contributed by atoms with Crippen LogP contribution in [0.4, 0.5) is 5.82 Å². The first-order chi connectivity index (χ1) is 12.7. The van der Waals surface area contributed by atoms with Crippen LogP contribution in [0.25, 0.3) is 5.52 Å². The van der Waals surface area contributed by atoms with Gasteiger partial charge in [-0.15, -0.1) is 0 Å². The monoisotopic (exact) mass is 410 g/mol. The highest BCUT2D eigenvalue weighted by atomic mass is 35.5. The lowest BCUT2D eigenvalue weighted by Crippen LogP contribution is -2.67. The molecule has 1 spiro atoms. The zero-order valence-corrected chi connectivity index (χ0v) is 17.0. The summed E-state index contributed by atoms with van der Waals surface area (Å²) in [6, 6.07) is 1.93. The van der Waals surface area contributed by atoms with Crippen molar-refractivity contribution < 1.29 is 8.42 Å². The lowest BCUT2D eigenvalue weighted by Gasteiger charge is -2.60. The van der Waals surface area contributed by atoms with E-state index in [1.165, 1.54) is 4.31 Å². The third-order valence-electron chi connectivity index (χ3n) is 6.31. The number of aryl methyl sites for hydroxylation is 1. The first kappa shape index (κ1) is 17.7. The molecule has 1 aliphatic heterocycles. The van der Waals surface area contributed by atoms with Crippen LogP contribution in [-0.2, 0) is 10.2 Å². The van der Waals surface area contributed by atoms with Crippen molar-refractivity contribution in [3.63, 3.8) is 0 Å². The number of aromatic nitrogens is 3. The smallest absolute Gasteiger partial charge is 0.276 e. The van der Waals surface area contributed by atoms with Gasteiger partial charge >= 0.3 is 0 Å². The fourth-order valence-electron chi connectivity index (χ4n) is 4.55. The highest BCUT2D eigenvalue weighted by Crippen LogP contribution is 2.52. The maximum absolute atomic E-state index is 11.5. The first-order valence-corrected chi connectivity index (χ1v) is 11.1. The van der Waals surface area contributed by atoms with Crippen molar-refractivity contribution in [2.45, 2.75) is 44.6 Å². The molecule has 0 radical (unpaired) electrons. The number of rotatable bonds is 4. The van der Waals surface area contributed by atoms with Crippen LogP contribution in [-0.4, -0.2) is 53.5 Å². The summed E-state index contributed by atoms with van der Waals surface area (Å²) in [5.41, 5.74) is 2.20. The summed E-state index contributed by atoms with van der Waals surface area (Å²) in [4.78, 5) is 7.16. The van der Waals surface area contributed by atoms with E-state index in [-0.39, 0.29) is 11.5 Å². The minimum Gasteiger partial charge on any atom is -0.353 e. The molecule has 2 aliphatic carbocycles. The summed E-state index contributed by atoms with van der Waals surface area (Å²) in [7, 11) is -2.06. The summed E-state index contributed by atoms with van der Waals surface area (Å²) in [6.07, 6.45) is 3.95. The molecule has 27 heavy (non-hydrogen) atoms. The van der Waals surface area contributed by atoms with Crippen molar-refractivity contribution >= 4 is 33.1 Å². The Morgan fingerprint density at radius 2 is 2.00 bits per heavy atom. The number of nitrogens with two attached hydrogens (primary N) is 1. The van der Waals surface area contributed by atoms with Gasteiger partial charge in [0.15, 0.2) is 11.6 Å². The number of halogens is 1. The molecule has 0 atom stereocenters. The van der Waals surface area contributed by atoms with Crippen molar-refractivity contribution in [3.8, 4) is 0 Å². The zero-order chi connectivity index (χ0) is 19.1. The van der Waals surface area contributed by atoms with Crippen LogP contribution in [0.2, 0.25) is 5.15 Å². The van der Waals surface area contributed by atoms with E-state index in [1.54, 1.807) is 7.05 Å². The molecule has 3 heterocycles. The SMILES string of the molecule is Cc1cc(Cl)n2nc(C3CC3)nc(N3CC4(CC(N(C)S(N)(=O)=O)C4)C3)c12. The molecular formula is C17H23ClN6O2S. The summed E-state index contributed by atoms with van der Waals surface area (Å²) >= 11 is 6.38. The second-order valence-corrected chi connectivity index (χ2v) is 10.5. The van der Waals surface area contributed by atoms with Crippen molar-refractivity contribution in [2.24, 2.45) is 10.6 Å². The molecule has 3 aliphatic rings. The fourth-order valence-corrected chi connectivity index (χ4v) is 5.40. The molecule has 2 aromatic rings. The van der Waals surface area contributed by atoms with Crippen LogP contribution >= 0.6 is 11.6 Å². The summed E-state index contributed by atoms with van der Waals surface area (Å²) in [5, 5.41) is 10.5. The average molecular weight is 411 g/mol. The number of hydrogen-bond donors (Lipinski definition) is 1. The Morgan fingerprint density at radius 3 is 2.59 bits per heavy atom. The topological polar surface area (TPSA) is 96.8 Å². The molecule has 2 N–H and O–H groups in total. The summed E-state index contributed by atoms with van der Waals surface area (Å²) in [5.74, 6) is 2.26. The van der Waals surface area contributed by atoms with Crippen molar-refractivity contribution in [3.05, 3.63) is 22.6 Å². The lowest BCUT2D eigenvalue weighted by atomic mass is 9.60. The van der Waals surface area contributed by atoms with Crippen molar-refractivity contribution in [1.29, 1.82) is 0 Å². The van der Waals surface area contributed by atoms with Gasteiger partial charge in [0, 0.05) is 37.5 Å². The average Bonchev–Trinajstić information content (AvgIpc) is 3.30. The lowest BCUT2D eigenvalue weighted by molar-refractivity contribution is 0.0207. The normalized spacial score (nSPS) is 22.5. The van der Waals surface area contributed by atoms with Crippen LogP contribution in [0, 0.1) is 12.3 Å². The standard InChI is InChI=1S/C17H23ClN6O2S/c1-10-5-13(18)24-14(10)16(20-15(21-24)11-3-4-11)23-8-17(9-23)6-12(7-17)22(2)27(19,25)26/h5,11-12H,3-4,6-9H2,1-2H3,(H2,19,25,26). The molecule has 2 saturated carbocycles. The summed E-state index contributed by atoms with van der Waals surface area (Å²) in [6.45, 7) is 3.78. The Bertz CT molecular complexity index is 1030. The van der Waals surface area contributed by atoms with E-state index in [0.29, 0.717) is 11.1 Å². The predicted octanol–water partition coefficient (Wildman–Crippen LogP) is 1.67. The Kier molecular flexibility index (Phi) is 3.64. The molecule has 1 saturated heterocycles. The molecule has 8 nitrogen and oxygen atoms in total. The van der Waals surface area contributed by atoms with Gasteiger partial charge in [-0.3, -0.25) is 0 Å². The molecule has 0 bridgehead atoms. The highest BCUT2D eigenvalue weighted by Gasteiger charge is 2.55. The molecule has 0 aromatic carbocycles. The maximum Gasteiger partial charge on any atom is 0.276 e. The van der Waals surface area contributed by atoms with Crippen LogP contribution in [0.3, 0.4) is 0 Å². The molecule has 2 aromatic heterocycles. The number of hydrogen-bond acceptors (Lipinski definition) is 5. The minimum absolute atomic E-state index is 0.000857. The third kappa shape index (κ3) is 2.74. The highest BCUT2D eigenvalue weighted by molar-refractivity contribution is 7.86. The Balaban J connectivity index is 1.39. The van der Waals surface area contributed by atoms with Crippen LogP contribution < -0.4 is 10.0 Å². The molecule has 5 rings (SSSR count). The quantitative estimate of drug-likeness (QED) is 0.826. The predicted molar refractivity (Wildman–Crippen MR) is 103 cm³/mol. The van der Waals surface area contributed by atoms with Crippen LogP contribution in [0.15, 0.2) is 6.07 Å². The van der Waals surface area contributed by atoms with Crippen LogP contribution in [0.1, 0.15) is 43.0 Å². The van der Waals surface area contributed by atoms with E-state index in [1.807, 2.05) is 17.5 Å². The van der Waals surface area contributed by atoms with E-state index < -0.39 is 10.2 Å². The van der Waals surface area contributed by atoms with Gasteiger partial charge in [-0.2, -0.15) is 17.8 Å². The van der Waals surface area contributed by atoms with Gasteiger partial charge in [-0.1, -0.05) is 11.6 Å². The molecule has 0 amide bonds. The largest absolute Gasteiger partial charge is 0.353 e. The molecular weight excluding hydrogens is 388 g/mol. The number of anilines is 1. The maximum atomic E-state index is 11.5. The van der Waals surface area contributed by atoms with Gasteiger partial charge in [0.1, 0.15) is 10.7 Å². The Labute approximate surface area is 163 Å². The van der Waals surface area contributed by atoms with E-state index in [9.17, 15) is 8.42 Å². The van der Waals surface area contributed by atoms with Gasteiger partial charge in [-0.25, -0.2) is 14.6 Å². The van der Waals surface area contributed by atoms with Crippen molar-refractivity contribution in [2.75, 3.05) is 25.0 Å².